The second-order valence-corrected chi connectivity index (χ2v) is 5.40. The summed E-state index contributed by atoms with van der Waals surface area (Å²) >= 11 is 0. The largest absolute Gasteiger partial charge is 0.480 e. The molecular formula is C16H25N3O3. The molecular weight excluding hydrogens is 282 g/mol. The second-order valence-electron chi connectivity index (χ2n) is 5.40. The van der Waals surface area contributed by atoms with Gasteiger partial charge in [-0.2, -0.15) is 0 Å². The summed E-state index contributed by atoms with van der Waals surface area (Å²) in [6.07, 6.45) is 1.85. The van der Waals surface area contributed by atoms with Crippen LogP contribution in [0.5, 0.6) is 0 Å². The lowest BCUT2D eigenvalue weighted by molar-refractivity contribution is -0.142. The maximum atomic E-state index is 12.0. The Morgan fingerprint density at radius 3 is 2.55 bits per heavy atom. The third-order valence-electron chi connectivity index (χ3n) is 3.29. The van der Waals surface area contributed by atoms with Crippen LogP contribution in [0.25, 0.3) is 0 Å². The Kier molecular flexibility index (Phi) is 8.17. The summed E-state index contributed by atoms with van der Waals surface area (Å²) in [7, 11) is 1.83. The Hall–Kier alpha value is -1.92. The standard InChI is InChI=1S/C16H25N3O3/c1-19(11-13-7-3-2-4-8-13)12-15(20)18-14(16(21)22)9-5-6-10-17/h2-4,7-8,14H,5-6,9-12,17H2,1H3,(H,18,20)(H,21,22)/t14-/m0/s1. The topological polar surface area (TPSA) is 95.7 Å². The molecule has 0 unspecified atom stereocenters. The average molecular weight is 307 g/mol. The molecule has 1 atom stereocenters. The summed E-state index contributed by atoms with van der Waals surface area (Å²) in [6.45, 7) is 1.33. The van der Waals surface area contributed by atoms with Crippen LogP contribution < -0.4 is 11.1 Å². The molecule has 1 aromatic carbocycles. The molecule has 0 spiro atoms. The smallest absolute Gasteiger partial charge is 0.326 e. The Labute approximate surface area is 131 Å². The number of nitrogens with two attached hydrogens (primary N) is 1. The summed E-state index contributed by atoms with van der Waals surface area (Å²) in [5.41, 5.74) is 6.50. The number of carboxylic acid groups (broad SMARTS) is 1. The highest BCUT2D eigenvalue weighted by Gasteiger charge is 2.19. The molecule has 0 saturated heterocycles. The number of carbonyl (C=O) groups excluding carboxylic acids is 1. The average Bonchev–Trinajstić information content (AvgIpc) is 2.47. The van der Waals surface area contributed by atoms with E-state index in [1.54, 1.807) is 0 Å². The minimum atomic E-state index is -1.00. The van der Waals surface area contributed by atoms with Crippen LogP contribution in [0.1, 0.15) is 24.8 Å². The molecule has 22 heavy (non-hydrogen) atoms. The van der Waals surface area contributed by atoms with Crippen molar-refractivity contribution in [2.24, 2.45) is 5.73 Å². The third-order valence-corrected chi connectivity index (χ3v) is 3.29. The van der Waals surface area contributed by atoms with Crippen molar-refractivity contribution >= 4 is 11.9 Å². The Balaban J connectivity index is 2.40. The van der Waals surface area contributed by atoms with Crippen molar-refractivity contribution in [3.8, 4) is 0 Å². The first-order valence-electron chi connectivity index (χ1n) is 7.47. The molecule has 0 heterocycles. The molecule has 0 saturated carbocycles. The number of rotatable bonds is 10. The molecule has 0 aliphatic carbocycles. The summed E-state index contributed by atoms with van der Waals surface area (Å²) in [5, 5.41) is 11.7. The number of carbonyl (C=O) groups is 2. The van der Waals surface area contributed by atoms with Crippen molar-refractivity contribution in [2.75, 3.05) is 20.1 Å². The summed E-state index contributed by atoms with van der Waals surface area (Å²) in [6, 6.07) is 8.96. The molecule has 0 bridgehead atoms. The van der Waals surface area contributed by atoms with E-state index >= 15 is 0 Å². The van der Waals surface area contributed by atoms with Crippen molar-refractivity contribution in [2.45, 2.75) is 31.8 Å². The summed E-state index contributed by atoms with van der Waals surface area (Å²) in [4.78, 5) is 24.9. The predicted molar refractivity (Wildman–Crippen MR) is 85.2 cm³/mol. The predicted octanol–water partition coefficient (Wildman–Crippen LogP) is 0.817. The number of likely N-dealkylation sites (N-methyl/N-ethyl adjacent to an activating group) is 1. The van der Waals surface area contributed by atoms with Gasteiger partial charge in [-0.3, -0.25) is 9.69 Å². The third kappa shape index (κ3) is 7.19. The van der Waals surface area contributed by atoms with Gasteiger partial charge in [-0.1, -0.05) is 30.3 Å². The molecule has 1 amide bonds. The van der Waals surface area contributed by atoms with Gasteiger partial charge in [0, 0.05) is 6.54 Å². The first kappa shape index (κ1) is 18.1. The van der Waals surface area contributed by atoms with Gasteiger partial charge >= 0.3 is 5.97 Å². The molecule has 6 heteroatoms. The van der Waals surface area contributed by atoms with E-state index in [4.69, 9.17) is 10.8 Å². The number of nitrogens with zero attached hydrogens (tertiary/aromatic N) is 1. The number of benzene rings is 1. The Morgan fingerprint density at radius 2 is 1.95 bits per heavy atom. The molecule has 0 aliphatic heterocycles. The van der Waals surface area contributed by atoms with Crippen molar-refractivity contribution in [3.63, 3.8) is 0 Å². The highest BCUT2D eigenvalue weighted by atomic mass is 16.4. The normalized spacial score (nSPS) is 12.1. The van der Waals surface area contributed by atoms with Crippen molar-refractivity contribution in [3.05, 3.63) is 35.9 Å². The van der Waals surface area contributed by atoms with Crippen molar-refractivity contribution in [1.82, 2.24) is 10.2 Å². The monoisotopic (exact) mass is 307 g/mol. The van der Waals surface area contributed by atoms with Crippen LogP contribution in [0, 0.1) is 0 Å². The van der Waals surface area contributed by atoms with E-state index < -0.39 is 12.0 Å². The zero-order valence-corrected chi connectivity index (χ0v) is 13.0. The van der Waals surface area contributed by atoms with Gasteiger partial charge in [-0.25, -0.2) is 4.79 Å². The lowest BCUT2D eigenvalue weighted by atomic mass is 10.1. The van der Waals surface area contributed by atoms with E-state index in [9.17, 15) is 9.59 Å². The van der Waals surface area contributed by atoms with Gasteiger partial charge in [0.1, 0.15) is 6.04 Å². The van der Waals surface area contributed by atoms with Crippen molar-refractivity contribution in [1.29, 1.82) is 0 Å². The highest BCUT2D eigenvalue weighted by molar-refractivity contribution is 5.84. The van der Waals surface area contributed by atoms with E-state index in [-0.39, 0.29) is 12.5 Å². The van der Waals surface area contributed by atoms with Crippen molar-refractivity contribution < 1.29 is 14.7 Å². The fourth-order valence-corrected chi connectivity index (χ4v) is 2.19. The van der Waals surface area contributed by atoms with Gasteiger partial charge in [0.25, 0.3) is 0 Å². The van der Waals surface area contributed by atoms with Gasteiger partial charge in [-0.05, 0) is 38.4 Å². The zero-order valence-electron chi connectivity index (χ0n) is 13.0. The minimum absolute atomic E-state index is 0.162. The number of hydrogen-bond donors (Lipinski definition) is 3. The first-order chi connectivity index (χ1) is 10.5. The zero-order chi connectivity index (χ0) is 16.4. The van der Waals surface area contributed by atoms with Crippen LogP contribution in [0.2, 0.25) is 0 Å². The molecule has 0 radical (unpaired) electrons. The lowest BCUT2D eigenvalue weighted by Gasteiger charge is -2.19. The molecule has 0 aliphatic rings. The summed E-state index contributed by atoms with van der Waals surface area (Å²) < 4.78 is 0. The fourth-order valence-electron chi connectivity index (χ4n) is 2.19. The van der Waals surface area contributed by atoms with Crippen LogP contribution >= 0.6 is 0 Å². The van der Waals surface area contributed by atoms with Crippen LogP contribution in [0.3, 0.4) is 0 Å². The number of amides is 1. The molecule has 1 aromatic rings. The van der Waals surface area contributed by atoms with E-state index in [1.165, 1.54) is 0 Å². The highest BCUT2D eigenvalue weighted by Crippen LogP contribution is 2.03. The Morgan fingerprint density at radius 1 is 1.27 bits per heavy atom. The molecule has 0 fully saturated rings. The maximum Gasteiger partial charge on any atom is 0.326 e. The van der Waals surface area contributed by atoms with E-state index in [2.05, 4.69) is 5.32 Å². The molecule has 6 nitrogen and oxygen atoms in total. The van der Waals surface area contributed by atoms with Gasteiger partial charge in [0.05, 0.1) is 6.54 Å². The number of hydrogen-bond acceptors (Lipinski definition) is 4. The van der Waals surface area contributed by atoms with E-state index in [0.29, 0.717) is 25.9 Å². The maximum absolute atomic E-state index is 12.0. The molecule has 4 N–H and O–H groups in total. The Bertz CT molecular complexity index is 465. The molecule has 122 valence electrons. The quantitative estimate of drug-likeness (QED) is 0.556. The van der Waals surface area contributed by atoms with Crippen LogP contribution in [-0.4, -0.2) is 48.1 Å². The van der Waals surface area contributed by atoms with Crippen LogP contribution in [-0.2, 0) is 16.1 Å². The van der Waals surface area contributed by atoms with Gasteiger partial charge in [0.2, 0.25) is 5.91 Å². The van der Waals surface area contributed by atoms with Crippen LogP contribution in [0.4, 0.5) is 0 Å². The molecule has 0 aromatic heterocycles. The van der Waals surface area contributed by atoms with Gasteiger partial charge in [0.15, 0.2) is 0 Å². The second kappa shape index (κ2) is 9.92. The van der Waals surface area contributed by atoms with E-state index in [1.807, 2.05) is 42.3 Å². The van der Waals surface area contributed by atoms with Gasteiger partial charge in [-0.15, -0.1) is 0 Å². The SMILES string of the molecule is CN(CC(=O)N[C@@H](CCCCN)C(=O)O)Cc1ccccc1. The lowest BCUT2D eigenvalue weighted by Crippen LogP contribution is -2.44. The van der Waals surface area contributed by atoms with E-state index in [0.717, 1.165) is 12.0 Å². The van der Waals surface area contributed by atoms with Crippen LogP contribution in [0.15, 0.2) is 30.3 Å². The number of unbranched alkanes of at least 4 members (excludes halogenated alkanes) is 1. The first-order valence-corrected chi connectivity index (χ1v) is 7.47. The number of aliphatic carboxylic acids is 1. The number of carboxylic acids is 1. The number of nitrogens with one attached hydrogen (secondary N) is 1. The molecule has 1 rings (SSSR count). The fraction of sp³-hybridized carbons (Fsp3) is 0.500. The minimum Gasteiger partial charge on any atom is -0.480 e. The van der Waals surface area contributed by atoms with Gasteiger partial charge < -0.3 is 16.2 Å². The summed E-state index contributed by atoms with van der Waals surface area (Å²) in [5.74, 6) is -1.28.